The first-order chi connectivity index (χ1) is 9.92. The van der Waals surface area contributed by atoms with Crippen LogP contribution in [-0.2, 0) is 14.3 Å². The minimum absolute atomic E-state index is 0.164. The van der Waals surface area contributed by atoms with Crippen molar-refractivity contribution in [1.29, 1.82) is 0 Å². The van der Waals surface area contributed by atoms with Crippen LogP contribution in [0.5, 0.6) is 0 Å². The van der Waals surface area contributed by atoms with Gasteiger partial charge in [-0.15, -0.1) is 0 Å². The number of rotatable bonds is 6. The van der Waals surface area contributed by atoms with Crippen molar-refractivity contribution < 1.29 is 24.2 Å². The molecule has 0 aliphatic heterocycles. The highest BCUT2D eigenvalue weighted by molar-refractivity contribution is 5.92. The maximum absolute atomic E-state index is 11.6. The molecule has 1 atom stereocenters. The predicted octanol–water partition coefficient (Wildman–Crippen LogP) is 0.866. The molecule has 4 N–H and O–H groups in total. The summed E-state index contributed by atoms with van der Waals surface area (Å²) in [5.41, 5.74) is 1.00. The number of urea groups is 1. The van der Waals surface area contributed by atoms with Crippen LogP contribution in [-0.4, -0.2) is 42.8 Å². The lowest BCUT2D eigenvalue weighted by Gasteiger charge is -2.12. The quantitative estimate of drug-likeness (QED) is 0.621. The Kier molecular flexibility index (Phi) is 6.15. The van der Waals surface area contributed by atoms with E-state index in [2.05, 4.69) is 20.7 Å². The average molecular weight is 295 g/mol. The van der Waals surface area contributed by atoms with Crippen LogP contribution in [0.2, 0.25) is 0 Å². The summed E-state index contributed by atoms with van der Waals surface area (Å²) in [5.74, 6) is -1.38. The van der Waals surface area contributed by atoms with E-state index >= 15 is 0 Å². The first kappa shape index (κ1) is 16.4. The first-order valence-electron chi connectivity index (χ1n) is 6.10. The number of amides is 3. The number of carboxylic acids is 1. The minimum atomic E-state index is -1.16. The third kappa shape index (κ3) is 5.91. The Morgan fingerprint density at radius 3 is 2.38 bits per heavy atom. The molecule has 0 heterocycles. The molecule has 0 spiro atoms. The van der Waals surface area contributed by atoms with Crippen LogP contribution in [0.1, 0.15) is 6.92 Å². The number of hydrogen-bond acceptors (Lipinski definition) is 4. The molecule has 114 valence electrons. The van der Waals surface area contributed by atoms with Gasteiger partial charge in [-0.2, -0.15) is 0 Å². The highest BCUT2D eigenvalue weighted by Crippen LogP contribution is 2.14. The second-order valence-corrected chi connectivity index (χ2v) is 4.16. The number of aliphatic carboxylic acids is 1. The van der Waals surface area contributed by atoms with Gasteiger partial charge in [0.25, 0.3) is 0 Å². The molecule has 1 aromatic rings. The van der Waals surface area contributed by atoms with Gasteiger partial charge >= 0.3 is 12.0 Å². The van der Waals surface area contributed by atoms with E-state index in [9.17, 15) is 14.4 Å². The lowest BCUT2D eigenvalue weighted by atomic mass is 10.2. The van der Waals surface area contributed by atoms with Gasteiger partial charge in [0.1, 0.15) is 0 Å². The van der Waals surface area contributed by atoms with Crippen LogP contribution in [0, 0.1) is 0 Å². The molecule has 1 aromatic carbocycles. The number of ether oxygens (including phenoxy) is 1. The van der Waals surface area contributed by atoms with Crippen LogP contribution in [0.4, 0.5) is 16.2 Å². The molecular weight excluding hydrogens is 278 g/mol. The van der Waals surface area contributed by atoms with Crippen LogP contribution >= 0.6 is 0 Å². The van der Waals surface area contributed by atoms with Crippen molar-refractivity contribution >= 4 is 29.3 Å². The van der Waals surface area contributed by atoms with Gasteiger partial charge in [0, 0.05) is 25.4 Å². The van der Waals surface area contributed by atoms with Crippen molar-refractivity contribution in [2.45, 2.75) is 13.0 Å². The number of hydrogen-bond donors (Lipinski definition) is 4. The summed E-state index contributed by atoms with van der Waals surface area (Å²) in [5, 5.41) is 16.2. The van der Waals surface area contributed by atoms with Gasteiger partial charge in [0.15, 0.2) is 6.10 Å². The average Bonchev–Trinajstić information content (AvgIpc) is 2.38. The number of carboxylic acid groups (broad SMARTS) is 1. The van der Waals surface area contributed by atoms with Gasteiger partial charge in [0.2, 0.25) is 5.91 Å². The Bertz CT molecular complexity index is 532. The molecular formula is C13H17N3O5. The Labute approximate surface area is 121 Å². The summed E-state index contributed by atoms with van der Waals surface area (Å²) in [7, 11) is 1.25. The van der Waals surface area contributed by atoms with Gasteiger partial charge in [-0.1, -0.05) is 6.07 Å². The van der Waals surface area contributed by atoms with E-state index < -0.39 is 18.1 Å². The zero-order valence-corrected chi connectivity index (χ0v) is 11.7. The van der Waals surface area contributed by atoms with E-state index in [-0.39, 0.29) is 12.5 Å². The highest BCUT2D eigenvalue weighted by Gasteiger charge is 2.17. The molecule has 3 amide bonds. The molecule has 0 aromatic heterocycles. The largest absolute Gasteiger partial charge is 0.479 e. The third-order valence-corrected chi connectivity index (χ3v) is 2.45. The molecule has 8 heteroatoms. The molecule has 0 aliphatic carbocycles. The zero-order chi connectivity index (χ0) is 15.8. The van der Waals surface area contributed by atoms with Gasteiger partial charge in [-0.3, -0.25) is 4.79 Å². The Balaban J connectivity index is 2.54. The molecule has 0 radical (unpaired) electrons. The summed E-state index contributed by atoms with van der Waals surface area (Å²) in [6.07, 6.45) is -1.11. The Morgan fingerprint density at radius 1 is 1.24 bits per heavy atom. The van der Waals surface area contributed by atoms with E-state index in [1.54, 1.807) is 24.3 Å². The van der Waals surface area contributed by atoms with E-state index in [0.29, 0.717) is 11.4 Å². The summed E-state index contributed by atoms with van der Waals surface area (Å²) < 4.78 is 4.69. The van der Waals surface area contributed by atoms with Crippen molar-refractivity contribution in [1.82, 2.24) is 5.32 Å². The van der Waals surface area contributed by atoms with E-state index in [1.807, 2.05) is 0 Å². The molecule has 0 saturated carbocycles. The summed E-state index contributed by atoms with van der Waals surface area (Å²) >= 11 is 0. The van der Waals surface area contributed by atoms with E-state index in [0.717, 1.165) is 0 Å². The lowest BCUT2D eigenvalue weighted by molar-refractivity contribution is -0.148. The van der Waals surface area contributed by atoms with E-state index in [4.69, 9.17) is 5.11 Å². The van der Waals surface area contributed by atoms with Gasteiger partial charge < -0.3 is 25.8 Å². The van der Waals surface area contributed by atoms with Crippen molar-refractivity contribution in [2.75, 3.05) is 24.3 Å². The predicted molar refractivity (Wildman–Crippen MR) is 76.2 cm³/mol. The molecule has 0 fully saturated rings. The molecule has 0 aliphatic rings. The molecule has 1 unspecified atom stereocenters. The number of methoxy groups -OCH3 is 1. The van der Waals surface area contributed by atoms with Crippen LogP contribution in [0.15, 0.2) is 24.3 Å². The van der Waals surface area contributed by atoms with E-state index in [1.165, 1.54) is 14.0 Å². The topological polar surface area (TPSA) is 117 Å². The SMILES string of the molecule is COC(CNC(=O)Nc1cccc(NC(C)=O)c1)C(=O)O. The van der Waals surface area contributed by atoms with Gasteiger partial charge in [-0.05, 0) is 18.2 Å². The molecule has 21 heavy (non-hydrogen) atoms. The maximum Gasteiger partial charge on any atom is 0.334 e. The van der Waals surface area contributed by atoms with Gasteiger partial charge in [0.05, 0.1) is 6.54 Å². The normalized spacial score (nSPS) is 11.3. The number of carbonyl (C=O) groups excluding carboxylic acids is 2. The van der Waals surface area contributed by atoms with Crippen LogP contribution in [0.25, 0.3) is 0 Å². The molecule has 0 saturated heterocycles. The van der Waals surface area contributed by atoms with Crippen LogP contribution in [0.3, 0.4) is 0 Å². The lowest BCUT2D eigenvalue weighted by Crippen LogP contribution is -2.39. The fraction of sp³-hybridized carbons (Fsp3) is 0.308. The third-order valence-electron chi connectivity index (χ3n) is 2.45. The summed E-state index contributed by atoms with van der Waals surface area (Å²) in [4.78, 5) is 33.3. The smallest absolute Gasteiger partial charge is 0.334 e. The van der Waals surface area contributed by atoms with Crippen molar-refractivity contribution in [3.05, 3.63) is 24.3 Å². The monoisotopic (exact) mass is 295 g/mol. The Morgan fingerprint density at radius 2 is 1.86 bits per heavy atom. The summed E-state index contributed by atoms with van der Waals surface area (Å²) in [6.45, 7) is 1.21. The Hall–Kier alpha value is -2.61. The number of nitrogens with one attached hydrogen (secondary N) is 3. The number of benzene rings is 1. The second-order valence-electron chi connectivity index (χ2n) is 4.16. The molecule has 0 bridgehead atoms. The van der Waals surface area contributed by atoms with Crippen molar-refractivity contribution in [2.24, 2.45) is 0 Å². The molecule has 1 rings (SSSR count). The second kappa shape index (κ2) is 7.85. The van der Waals surface area contributed by atoms with Gasteiger partial charge in [-0.25, -0.2) is 9.59 Å². The standard InChI is InChI=1S/C13H17N3O5/c1-8(17)15-9-4-3-5-10(6-9)16-13(20)14-7-11(21-2)12(18)19/h3-6,11H,7H2,1-2H3,(H,15,17)(H,18,19)(H2,14,16,20). The fourth-order valence-corrected chi connectivity index (χ4v) is 1.51. The molecule has 8 nitrogen and oxygen atoms in total. The van der Waals surface area contributed by atoms with Crippen molar-refractivity contribution in [3.8, 4) is 0 Å². The summed E-state index contributed by atoms with van der Waals surface area (Å²) in [6, 6.07) is 5.98. The highest BCUT2D eigenvalue weighted by atomic mass is 16.5. The first-order valence-corrected chi connectivity index (χ1v) is 6.10. The zero-order valence-electron chi connectivity index (χ0n) is 11.7. The number of carbonyl (C=O) groups is 3. The van der Waals surface area contributed by atoms with Crippen molar-refractivity contribution in [3.63, 3.8) is 0 Å². The van der Waals surface area contributed by atoms with Crippen LogP contribution < -0.4 is 16.0 Å². The number of anilines is 2. The maximum atomic E-state index is 11.6. The minimum Gasteiger partial charge on any atom is -0.479 e. The fourth-order valence-electron chi connectivity index (χ4n) is 1.51.